The molecule has 6 aromatic heterocycles. The Bertz CT molecular complexity index is 4300. The van der Waals surface area contributed by atoms with E-state index in [0.29, 0.717) is 75.6 Å². The second-order valence-electron chi connectivity index (χ2n) is 31.6. The number of fused-ring (bicyclic) bond motifs is 4. The second kappa shape index (κ2) is 24.0. The molecule has 0 bridgehead atoms. The number of carboxylic acids is 1. The topological polar surface area (TPSA) is 242 Å². The van der Waals surface area contributed by atoms with Gasteiger partial charge in [0.15, 0.2) is 0 Å². The highest BCUT2D eigenvalue weighted by Crippen LogP contribution is 2.64. The van der Waals surface area contributed by atoms with Gasteiger partial charge in [0.05, 0.1) is 52.6 Å². The van der Waals surface area contributed by atoms with Gasteiger partial charge >= 0.3 is 12.1 Å². The number of hydrogen-bond acceptors (Lipinski definition) is 12. The highest BCUT2D eigenvalue weighted by Gasteiger charge is 2.56. The third-order valence-corrected chi connectivity index (χ3v) is 21.0. The van der Waals surface area contributed by atoms with Gasteiger partial charge in [0.25, 0.3) is 17.0 Å². The lowest BCUT2D eigenvalue weighted by Gasteiger charge is -2.58. The number of hydrogen-bond donors (Lipinski definition) is 5. The molecule has 2 aromatic carbocycles. The highest BCUT2D eigenvalue weighted by molar-refractivity contribution is 6.01. The number of aromatic carboxylic acids is 1. The van der Waals surface area contributed by atoms with E-state index in [4.69, 9.17) is 19.3 Å². The average molecular weight is 1280 g/mol. The largest absolute Gasteiger partial charge is 0.489 e. The molecule has 8 saturated carbocycles. The predicted molar refractivity (Wildman–Crippen MR) is 358 cm³/mol. The van der Waals surface area contributed by atoms with E-state index in [1.165, 1.54) is 73.2 Å². The highest BCUT2D eigenvalue weighted by atomic mass is 16.6. The number of aliphatic hydroxyl groups is 2. The molecule has 0 unspecified atom stereocenters. The van der Waals surface area contributed by atoms with E-state index in [1.807, 2.05) is 51.1 Å². The Labute approximate surface area is 547 Å². The fourth-order valence-electron chi connectivity index (χ4n) is 16.2. The van der Waals surface area contributed by atoms with Crippen molar-refractivity contribution < 1.29 is 43.9 Å². The Morgan fingerprint density at radius 2 is 0.915 bits per heavy atom. The summed E-state index contributed by atoms with van der Waals surface area (Å²) in [6.45, 7) is 12.7. The van der Waals surface area contributed by atoms with Gasteiger partial charge in [-0.25, -0.2) is 18.6 Å². The third-order valence-electron chi connectivity index (χ3n) is 21.0. The van der Waals surface area contributed by atoms with Crippen LogP contribution in [0.3, 0.4) is 0 Å². The van der Waals surface area contributed by atoms with E-state index in [2.05, 4.69) is 66.6 Å². The monoisotopic (exact) mass is 1280 g/mol. The van der Waals surface area contributed by atoms with Crippen molar-refractivity contribution in [3.63, 3.8) is 0 Å². The predicted octanol–water partition coefficient (Wildman–Crippen LogP) is 12.7. The van der Waals surface area contributed by atoms with Gasteiger partial charge in [0.1, 0.15) is 35.9 Å². The summed E-state index contributed by atoms with van der Waals surface area (Å²) in [5.41, 5.74) is 3.33. The van der Waals surface area contributed by atoms with Crippen LogP contribution in [-0.4, -0.2) is 104 Å². The number of carboxylic acid groups (broad SMARTS) is 1. The number of rotatable bonds is 18. The van der Waals surface area contributed by atoms with Crippen LogP contribution >= 0.6 is 0 Å². The zero-order chi connectivity index (χ0) is 65.8. The van der Waals surface area contributed by atoms with Crippen LogP contribution in [0.4, 0.5) is 4.79 Å². The number of amides is 2. The quantitative estimate of drug-likeness (QED) is 0.0537. The Kier molecular flexibility index (Phi) is 16.2. The maximum Gasteiger partial charge on any atom is 0.407 e. The Morgan fingerprint density at radius 3 is 1.30 bits per heavy atom. The molecule has 94 heavy (non-hydrogen) atoms. The van der Waals surface area contributed by atoms with Crippen molar-refractivity contribution in [3.05, 3.63) is 153 Å². The summed E-state index contributed by atoms with van der Waals surface area (Å²) < 4.78 is 23.8. The molecule has 19 nitrogen and oxygen atoms in total. The SMILES string of the molecule is CC(C)(C)OC(=O)NC1CC2(C1)CC(c1cn(C(C3CC3)C3CC3)c(=O)c3ccccc13)C2.CC(C)(O)COc1ccc2c(C(=O)NC3CC4(C3)CC(c3cn(C(C5CC5)C5CC5)c(=O)c5ccccc35)C4)cnn2c1.CC(C)(O)COc1ccc2c(C(=O)O)cnn2c1. The van der Waals surface area contributed by atoms with Gasteiger partial charge in [0.2, 0.25) is 0 Å². The van der Waals surface area contributed by atoms with Crippen molar-refractivity contribution in [2.45, 2.75) is 204 Å². The number of pyridine rings is 4. The summed E-state index contributed by atoms with van der Waals surface area (Å²) in [6.07, 6.45) is 29.1. The van der Waals surface area contributed by atoms with Gasteiger partial charge < -0.3 is 49.3 Å². The fourth-order valence-corrected chi connectivity index (χ4v) is 16.2. The summed E-state index contributed by atoms with van der Waals surface area (Å²) >= 11 is 0. The fraction of sp³-hybridized carbons (Fsp3) is 0.533. The molecule has 6 heterocycles. The lowest BCUT2D eigenvalue weighted by Crippen LogP contribution is -2.56. The number of benzene rings is 2. The van der Waals surface area contributed by atoms with E-state index in [-0.39, 0.29) is 59.4 Å². The molecule has 8 fully saturated rings. The maximum absolute atomic E-state index is 13.6. The van der Waals surface area contributed by atoms with E-state index in [0.717, 1.165) is 78.4 Å². The number of ether oxygens (including phenoxy) is 3. The summed E-state index contributed by atoms with van der Waals surface area (Å²) in [5.74, 6) is 3.69. The smallest absolute Gasteiger partial charge is 0.407 e. The van der Waals surface area contributed by atoms with Gasteiger partial charge in [-0.2, -0.15) is 10.2 Å². The minimum atomic E-state index is -1.02. The number of carbonyl (C=O) groups excluding carboxylic acids is 2. The van der Waals surface area contributed by atoms with Crippen LogP contribution in [0.25, 0.3) is 32.6 Å². The normalized spacial score (nSPS) is 24.0. The van der Waals surface area contributed by atoms with Crippen molar-refractivity contribution in [1.82, 2.24) is 39.0 Å². The molecule has 0 atom stereocenters. The lowest BCUT2D eigenvalue weighted by atomic mass is 9.49. The number of aromatic nitrogens is 6. The van der Waals surface area contributed by atoms with Crippen LogP contribution in [0.1, 0.15) is 207 Å². The van der Waals surface area contributed by atoms with Crippen molar-refractivity contribution in [1.29, 1.82) is 0 Å². The molecular weight excluding hydrogens is 1190 g/mol. The van der Waals surface area contributed by atoms with Crippen LogP contribution in [0, 0.1) is 34.5 Å². The third kappa shape index (κ3) is 13.5. The molecule has 16 rings (SSSR count). The van der Waals surface area contributed by atoms with Crippen molar-refractivity contribution in [3.8, 4) is 11.5 Å². The van der Waals surface area contributed by atoms with E-state index in [1.54, 1.807) is 69.0 Å². The summed E-state index contributed by atoms with van der Waals surface area (Å²) in [6, 6.07) is 24.5. The number of carbonyl (C=O) groups is 3. The van der Waals surface area contributed by atoms with Crippen molar-refractivity contribution >= 4 is 50.5 Å². The van der Waals surface area contributed by atoms with Crippen LogP contribution in [0.5, 0.6) is 11.5 Å². The molecule has 2 amide bonds. The molecule has 0 aliphatic heterocycles. The molecule has 8 aliphatic carbocycles. The summed E-state index contributed by atoms with van der Waals surface area (Å²) in [7, 11) is 0. The molecular formula is C75H90N8O11. The van der Waals surface area contributed by atoms with Gasteiger partial charge in [-0.05, 0) is 256 Å². The average Bonchev–Trinajstić information content (AvgIpc) is 1.36. The lowest BCUT2D eigenvalue weighted by molar-refractivity contribution is -0.0251. The van der Waals surface area contributed by atoms with Crippen LogP contribution < -0.4 is 31.2 Å². The second-order valence-corrected chi connectivity index (χ2v) is 31.6. The van der Waals surface area contributed by atoms with Crippen molar-refractivity contribution in [2.24, 2.45) is 34.5 Å². The Morgan fingerprint density at radius 1 is 0.532 bits per heavy atom. The molecule has 8 aromatic rings. The minimum Gasteiger partial charge on any atom is -0.489 e. The van der Waals surface area contributed by atoms with Gasteiger partial charge in [0, 0.05) is 47.3 Å². The van der Waals surface area contributed by atoms with Crippen molar-refractivity contribution in [2.75, 3.05) is 13.2 Å². The van der Waals surface area contributed by atoms with Gasteiger partial charge in [-0.1, -0.05) is 36.4 Å². The number of nitrogens with one attached hydrogen (secondary N) is 2. The molecule has 2 spiro atoms. The molecule has 496 valence electrons. The van der Waals surface area contributed by atoms with Gasteiger partial charge in [-0.3, -0.25) is 14.4 Å². The zero-order valence-corrected chi connectivity index (χ0v) is 55.2. The Balaban J connectivity index is 0.000000132. The summed E-state index contributed by atoms with van der Waals surface area (Å²) in [5, 5.41) is 47.0. The van der Waals surface area contributed by atoms with Gasteiger partial charge in [-0.15, -0.1) is 0 Å². The first kappa shape index (κ1) is 63.4. The zero-order valence-electron chi connectivity index (χ0n) is 55.2. The van der Waals surface area contributed by atoms with Crippen LogP contribution in [-0.2, 0) is 4.74 Å². The first-order chi connectivity index (χ1) is 44.7. The standard InChI is InChI=1S/C35H40N4O4.C28H36N2O3.C12H14N2O4/c1-34(2,42)20-43-25-11-12-30-28(17-36-39(30)18-25)32(40)37-24-15-35(16-24)13-23(14-35)29-19-38(31(21-7-8-21)22-9-10-22)33(41)27-6-4-3-5-26(27)29;1-27(2,3)33-26(32)29-20-14-28(15-20)12-19(13-28)23-16-30(24(17-8-9-17)18-10-11-18)25(31)22-7-5-4-6-21(22)23;1-12(2,17)7-18-8-3-4-10-9(11(15)16)5-13-14(10)6-8/h3-6,11-12,17-19,21-24,31,42H,7-10,13-16,20H2,1-2H3,(H,37,40);4-7,16-20,24H,8-15H2,1-3H3,(H,29,32);3-6,17H,7H2,1-2H3,(H,15,16). The van der Waals surface area contributed by atoms with E-state index in [9.17, 15) is 34.2 Å². The molecule has 8 aliphatic rings. The van der Waals surface area contributed by atoms with Crippen LogP contribution in [0.2, 0.25) is 0 Å². The number of alkyl carbamates (subject to hydrolysis) is 1. The van der Waals surface area contributed by atoms with E-state index < -0.39 is 22.8 Å². The molecule has 5 N–H and O–H groups in total. The number of nitrogens with zero attached hydrogens (tertiary/aromatic N) is 6. The molecule has 19 heteroatoms. The maximum atomic E-state index is 13.6. The molecule has 0 saturated heterocycles. The Hall–Kier alpha value is -8.03. The van der Waals surface area contributed by atoms with Crippen LogP contribution in [0.15, 0.2) is 120 Å². The summed E-state index contributed by atoms with van der Waals surface area (Å²) in [4.78, 5) is 63.3. The van der Waals surface area contributed by atoms with E-state index >= 15 is 0 Å². The first-order valence-corrected chi connectivity index (χ1v) is 34.2. The molecule has 0 radical (unpaired) electrons. The minimum absolute atomic E-state index is 0.0971. The first-order valence-electron chi connectivity index (χ1n) is 34.2.